The first kappa shape index (κ1) is 11.4. The van der Waals surface area contributed by atoms with E-state index in [0.29, 0.717) is 6.61 Å². The largest absolute Gasteiger partial charge is 0.396 e. The first-order valence-electron chi connectivity index (χ1n) is 4.88. The van der Waals surface area contributed by atoms with Crippen molar-refractivity contribution in [1.82, 2.24) is 0 Å². The third-order valence-corrected chi connectivity index (χ3v) is 2.74. The lowest BCUT2D eigenvalue weighted by Crippen LogP contribution is -1.91. The molecule has 0 heterocycles. The van der Waals surface area contributed by atoms with Gasteiger partial charge in [0.25, 0.3) is 0 Å². The smallest absolute Gasteiger partial charge is 0.0442 e. The highest BCUT2D eigenvalue weighted by Crippen LogP contribution is 2.14. The van der Waals surface area contributed by atoms with E-state index in [2.05, 4.69) is 29.8 Å². The summed E-state index contributed by atoms with van der Waals surface area (Å²) in [5, 5.41) is 8.59. The van der Waals surface area contributed by atoms with Gasteiger partial charge in [-0.2, -0.15) is 0 Å². The van der Waals surface area contributed by atoms with Crippen molar-refractivity contribution in [2.24, 2.45) is 0 Å². The lowest BCUT2D eigenvalue weighted by atomic mass is 10.2. The Balaban J connectivity index is 2.18. The molecule has 3 heteroatoms. The van der Waals surface area contributed by atoms with Gasteiger partial charge in [-0.15, -0.1) is 0 Å². The van der Waals surface area contributed by atoms with E-state index in [9.17, 15) is 0 Å². The first-order chi connectivity index (χ1) is 6.83. The number of aryl methyl sites for hydroxylation is 1. The minimum absolute atomic E-state index is 0.297. The van der Waals surface area contributed by atoms with Gasteiger partial charge in [0, 0.05) is 18.0 Å². The molecule has 1 aromatic rings. The average molecular weight is 211 g/mol. The molecular formula is C11H17NOS. The van der Waals surface area contributed by atoms with E-state index in [1.165, 1.54) is 5.56 Å². The van der Waals surface area contributed by atoms with Crippen LogP contribution in [0, 0.1) is 6.92 Å². The third-order valence-electron chi connectivity index (χ3n) is 1.86. The van der Waals surface area contributed by atoms with Gasteiger partial charge in [0.2, 0.25) is 0 Å². The summed E-state index contributed by atoms with van der Waals surface area (Å²) in [4.78, 5) is 0. The number of anilines is 1. The first-order valence-corrected chi connectivity index (χ1v) is 5.87. The molecule has 0 radical (unpaired) electrons. The summed E-state index contributed by atoms with van der Waals surface area (Å²) in [5.41, 5.74) is 2.42. The number of aliphatic hydroxyl groups is 1. The summed E-state index contributed by atoms with van der Waals surface area (Å²) in [7, 11) is 0. The zero-order chi connectivity index (χ0) is 10.2. The SMILES string of the molecule is Cc1cccc(NSCCCCO)c1. The predicted molar refractivity (Wildman–Crippen MR) is 63.6 cm³/mol. The number of unbranched alkanes of at least 4 members (excludes halogenated alkanes) is 1. The average Bonchev–Trinajstić information content (AvgIpc) is 2.18. The molecule has 1 rings (SSSR count). The monoisotopic (exact) mass is 211 g/mol. The van der Waals surface area contributed by atoms with Crippen LogP contribution in [0.2, 0.25) is 0 Å². The molecule has 0 aliphatic rings. The van der Waals surface area contributed by atoms with Crippen LogP contribution >= 0.6 is 11.9 Å². The molecule has 2 N–H and O–H groups in total. The minimum atomic E-state index is 0.297. The second-order valence-electron chi connectivity index (χ2n) is 3.25. The van der Waals surface area contributed by atoms with Gasteiger partial charge in [-0.1, -0.05) is 24.1 Å². The zero-order valence-corrected chi connectivity index (χ0v) is 9.31. The van der Waals surface area contributed by atoms with Gasteiger partial charge < -0.3 is 9.83 Å². The summed E-state index contributed by atoms with van der Waals surface area (Å²) in [6.45, 7) is 2.38. The van der Waals surface area contributed by atoms with E-state index in [-0.39, 0.29) is 0 Å². The second-order valence-corrected chi connectivity index (χ2v) is 4.15. The molecule has 0 atom stereocenters. The Morgan fingerprint density at radius 3 is 2.93 bits per heavy atom. The van der Waals surface area contributed by atoms with Crippen LogP contribution in [0.15, 0.2) is 24.3 Å². The molecule has 0 spiro atoms. The van der Waals surface area contributed by atoms with Gasteiger partial charge in [-0.25, -0.2) is 0 Å². The van der Waals surface area contributed by atoms with E-state index in [1.807, 2.05) is 6.07 Å². The van der Waals surface area contributed by atoms with Gasteiger partial charge >= 0.3 is 0 Å². The number of rotatable bonds is 6. The van der Waals surface area contributed by atoms with Crippen molar-refractivity contribution in [3.05, 3.63) is 29.8 Å². The van der Waals surface area contributed by atoms with Crippen LogP contribution in [0.3, 0.4) is 0 Å². The molecule has 2 nitrogen and oxygen atoms in total. The molecular weight excluding hydrogens is 194 g/mol. The summed E-state index contributed by atoms with van der Waals surface area (Å²) < 4.78 is 3.28. The maximum absolute atomic E-state index is 8.59. The normalized spacial score (nSPS) is 10.1. The maximum Gasteiger partial charge on any atom is 0.0442 e. The van der Waals surface area contributed by atoms with E-state index >= 15 is 0 Å². The minimum Gasteiger partial charge on any atom is -0.396 e. The fraction of sp³-hybridized carbons (Fsp3) is 0.455. The summed E-state index contributed by atoms with van der Waals surface area (Å²) in [6, 6.07) is 8.32. The van der Waals surface area contributed by atoms with Crippen molar-refractivity contribution >= 4 is 17.6 Å². The Kier molecular flexibility index (Phi) is 5.49. The number of nitrogens with one attached hydrogen (secondary N) is 1. The second kappa shape index (κ2) is 6.74. The zero-order valence-electron chi connectivity index (χ0n) is 8.49. The third kappa shape index (κ3) is 4.53. The molecule has 0 aliphatic carbocycles. The Bertz CT molecular complexity index is 265. The van der Waals surface area contributed by atoms with E-state index in [0.717, 1.165) is 24.3 Å². The van der Waals surface area contributed by atoms with Crippen LogP contribution in [0.25, 0.3) is 0 Å². The van der Waals surface area contributed by atoms with Gasteiger partial charge in [0.05, 0.1) is 0 Å². The Morgan fingerprint density at radius 2 is 2.21 bits per heavy atom. The van der Waals surface area contributed by atoms with Crippen molar-refractivity contribution in [2.75, 3.05) is 17.1 Å². The molecule has 0 saturated carbocycles. The standard InChI is InChI=1S/C11H17NOS/c1-10-5-4-6-11(9-10)12-14-8-3-2-7-13/h4-6,9,12-13H,2-3,7-8H2,1H3. The van der Waals surface area contributed by atoms with Gasteiger partial charge in [0.15, 0.2) is 0 Å². The topological polar surface area (TPSA) is 32.3 Å². The van der Waals surface area contributed by atoms with Crippen LogP contribution in [0.1, 0.15) is 18.4 Å². The van der Waals surface area contributed by atoms with Crippen molar-refractivity contribution in [3.63, 3.8) is 0 Å². The van der Waals surface area contributed by atoms with Gasteiger partial charge in [-0.3, -0.25) is 0 Å². The van der Waals surface area contributed by atoms with Gasteiger partial charge in [0.1, 0.15) is 0 Å². The quantitative estimate of drug-likeness (QED) is 0.560. The van der Waals surface area contributed by atoms with Crippen molar-refractivity contribution in [2.45, 2.75) is 19.8 Å². The fourth-order valence-electron chi connectivity index (χ4n) is 1.13. The van der Waals surface area contributed by atoms with E-state index in [1.54, 1.807) is 11.9 Å². The summed E-state index contributed by atoms with van der Waals surface area (Å²) in [5.74, 6) is 1.04. The summed E-state index contributed by atoms with van der Waals surface area (Å²) in [6.07, 6.45) is 1.95. The fourth-order valence-corrected chi connectivity index (χ4v) is 1.87. The van der Waals surface area contributed by atoms with Crippen LogP contribution in [0.4, 0.5) is 5.69 Å². The van der Waals surface area contributed by atoms with Crippen LogP contribution in [0.5, 0.6) is 0 Å². The number of benzene rings is 1. The summed E-state index contributed by atoms with van der Waals surface area (Å²) >= 11 is 1.69. The highest BCUT2D eigenvalue weighted by Gasteiger charge is 1.92. The highest BCUT2D eigenvalue weighted by molar-refractivity contribution is 8.00. The Hall–Kier alpha value is -0.670. The molecule has 0 aliphatic heterocycles. The van der Waals surface area contributed by atoms with E-state index < -0.39 is 0 Å². The highest BCUT2D eigenvalue weighted by atomic mass is 32.2. The molecule has 0 unspecified atom stereocenters. The van der Waals surface area contributed by atoms with Crippen molar-refractivity contribution < 1.29 is 5.11 Å². The number of hydrogen-bond acceptors (Lipinski definition) is 3. The van der Waals surface area contributed by atoms with Gasteiger partial charge in [-0.05, 0) is 37.5 Å². The molecule has 0 saturated heterocycles. The maximum atomic E-state index is 8.59. The molecule has 78 valence electrons. The van der Waals surface area contributed by atoms with E-state index in [4.69, 9.17) is 5.11 Å². The Labute approximate surface area is 89.9 Å². The van der Waals surface area contributed by atoms with Crippen molar-refractivity contribution in [1.29, 1.82) is 0 Å². The number of hydrogen-bond donors (Lipinski definition) is 2. The van der Waals surface area contributed by atoms with Crippen LogP contribution < -0.4 is 4.72 Å². The lowest BCUT2D eigenvalue weighted by molar-refractivity contribution is 0.287. The molecule has 0 aromatic heterocycles. The number of aliphatic hydroxyl groups excluding tert-OH is 1. The van der Waals surface area contributed by atoms with Crippen LogP contribution in [-0.2, 0) is 0 Å². The predicted octanol–water partition coefficient (Wildman–Crippen LogP) is 2.83. The molecule has 0 amide bonds. The lowest BCUT2D eigenvalue weighted by Gasteiger charge is -2.05. The molecule has 0 bridgehead atoms. The molecule has 0 fully saturated rings. The Morgan fingerprint density at radius 1 is 1.36 bits per heavy atom. The van der Waals surface area contributed by atoms with Crippen molar-refractivity contribution in [3.8, 4) is 0 Å². The molecule has 1 aromatic carbocycles. The van der Waals surface area contributed by atoms with Crippen LogP contribution in [-0.4, -0.2) is 17.5 Å². The molecule has 14 heavy (non-hydrogen) atoms.